The Morgan fingerprint density at radius 1 is 0.886 bits per heavy atom. The molecule has 0 unspecified atom stereocenters. The van der Waals surface area contributed by atoms with Crippen LogP contribution in [0.4, 0.5) is 8.78 Å². The first-order chi connectivity index (χ1) is 21.1. The summed E-state index contributed by atoms with van der Waals surface area (Å²) in [6.45, 7) is 4.85. The predicted molar refractivity (Wildman–Crippen MR) is 161 cm³/mol. The standard InChI is InChI=1S/C30H33F2NO3.C4H4O4/c1-21(34)23-10-11-28(29(20-23)35-2)36-17-5-14-33-15-12-22(13-16-33)30(24-6-3-8-26(31)18-24)25-7-4-9-27(32)19-25;5-3(6)1-2-4(7)8/h3-4,6-11,18-20,22,30H,5,12-17H2,1-2H3;1-2H,(H,5,6)(H,7,8). The molecule has 0 aliphatic carbocycles. The fraction of sp³-hybridized carbons (Fsp3) is 0.324. The second-order valence-corrected chi connectivity index (χ2v) is 10.4. The maximum absolute atomic E-state index is 14.0. The van der Waals surface area contributed by atoms with Crippen LogP contribution in [0.1, 0.15) is 53.6 Å². The molecule has 1 fully saturated rings. The van der Waals surface area contributed by atoms with E-state index in [1.54, 1.807) is 49.6 Å². The average Bonchev–Trinajstić information content (AvgIpc) is 2.99. The Morgan fingerprint density at radius 2 is 1.45 bits per heavy atom. The van der Waals surface area contributed by atoms with Crippen molar-refractivity contribution in [2.75, 3.05) is 33.4 Å². The highest BCUT2D eigenvalue weighted by atomic mass is 19.1. The number of carbonyl (C=O) groups is 3. The Hall–Kier alpha value is -4.57. The maximum Gasteiger partial charge on any atom is 0.328 e. The lowest BCUT2D eigenvalue weighted by Gasteiger charge is -2.36. The van der Waals surface area contributed by atoms with Crippen molar-refractivity contribution in [3.8, 4) is 11.5 Å². The van der Waals surface area contributed by atoms with Gasteiger partial charge in [0.25, 0.3) is 0 Å². The summed E-state index contributed by atoms with van der Waals surface area (Å²) in [5, 5.41) is 15.6. The molecule has 234 valence electrons. The van der Waals surface area contributed by atoms with Crippen LogP contribution in [0.2, 0.25) is 0 Å². The third-order valence-electron chi connectivity index (χ3n) is 7.33. The molecule has 0 bridgehead atoms. The normalized spacial score (nSPS) is 13.8. The van der Waals surface area contributed by atoms with Gasteiger partial charge in [0, 0.05) is 30.2 Å². The van der Waals surface area contributed by atoms with Gasteiger partial charge in [-0.1, -0.05) is 24.3 Å². The van der Waals surface area contributed by atoms with E-state index in [-0.39, 0.29) is 23.3 Å². The van der Waals surface area contributed by atoms with Crippen LogP contribution >= 0.6 is 0 Å². The summed E-state index contributed by atoms with van der Waals surface area (Å²) in [5.41, 5.74) is 2.39. The summed E-state index contributed by atoms with van der Waals surface area (Å²) in [6.07, 6.45) is 3.89. The van der Waals surface area contributed by atoms with Gasteiger partial charge in [0.15, 0.2) is 17.3 Å². The number of aliphatic carboxylic acids is 2. The molecule has 2 N–H and O–H groups in total. The maximum atomic E-state index is 14.0. The smallest absolute Gasteiger partial charge is 0.328 e. The van der Waals surface area contributed by atoms with Crippen molar-refractivity contribution in [1.29, 1.82) is 0 Å². The lowest BCUT2D eigenvalue weighted by molar-refractivity contribution is -0.134. The van der Waals surface area contributed by atoms with Crippen LogP contribution in [0.25, 0.3) is 0 Å². The number of hydrogen-bond acceptors (Lipinski definition) is 6. The van der Waals surface area contributed by atoms with Crippen molar-refractivity contribution in [3.05, 3.63) is 107 Å². The van der Waals surface area contributed by atoms with E-state index in [1.165, 1.54) is 19.1 Å². The molecule has 3 aromatic rings. The van der Waals surface area contributed by atoms with Crippen molar-refractivity contribution in [1.82, 2.24) is 4.90 Å². The van der Waals surface area contributed by atoms with Crippen LogP contribution in [-0.2, 0) is 9.59 Å². The Balaban J connectivity index is 0.000000583. The Morgan fingerprint density at radius 3 is 1.93 bits per heavy atom. The number of piperidine rings is 1. The molecular formula is C34H37F2NO7. The van der Waals surface area contributed by atoms with E-state index >= 15 is 0 Å². The number of methoxy groups -OCH3 is 1. The van der Waals surface area contributed by atoms with Crippen molar-refractivity contribution in [2.24, 2.45) is 5.92 Å². The third kappa shape index (κ3) is 10.6. The Bertz CT molecular complexity index is 1390. The van der Waals surface area contributed by atoms with Crippen LogP contribution in [0.3, 0.4) is 0 Å². The lowest BCUT2D eigenvalue weighted by atomic mass is 9.76. The Kier molecular flexibility index (Phi) is 13.0. The van der Waals surface area contributed by atoms with Crippen LogP contribution < -0.4 is 9.47 Å². The molecule has 0 amide bonds. The highest BCUT2D eigenvalue weighted by Gasteiger charge is 2.29. The van der Waals surface area contributed by atoms with Gasteiger partial charge in [-0.05, 0) is 98.8 Å². The molecule has 0 spiro atoms. The number of halogens is 2. The van der Waals surface area contributed by atoms with Gasteiger partial charge in [-0.25, -0.2) is 18.4 Å². The van der Waals surface area contributed by atoms with E-state index in [4.69, 9.17) is 19.7 Å². The number of nitrogens with zero attached hydrogens (tertiary/aromatic N) is 1. The predicted octanol–water partition coefficient (Wildman–Crippen LogP) is 6.20. The van der Waals surface area contributed by atoms with Gasteiger partial charge < -0.3 is 24.6 Å². The summed E-state index contributed by atoms with van der Waals surface area (Å²) in [7, 11) is 1.57. The molecule has 1 aliphatic rings. The van der Waals surface area contributed by atoms with Crippen molar-refractivity contribution >= 4 is 17.7 Å². The SMILES string of the molecule is COc1cc(C(C)=O)ccc1OCCCN1CCC(C(c2cccc(F)c2)c2cccc(F)c2)CC1.O=C(O)C=CC(=O)O. The lowest BCUT2D eigenvalue weighted by Crippen LogP contribution is -2.37. The summed E-state index contributed by atoms with van der Waals surface area (Å²) in [4.78, 5) is 33.1. The second kappa shape index (κ2) is 16.9. The molecule has 3 aromatic carbocycles. The number of ether oxygens (including phenoxy) is 2. The largest absolute Gasteiger partial charge is 0.493 e. The van der Waals surface area contributed by atoms with Crippen LogP contribution in [0, 0.1) is 17.6 Å². The van der Waals surface area contributed by atoms with Gasteiger partial charge in [-0.3, -0.25) is 4.79 Å². The molecule has 44 heavy (non-hydrogen) atoms. The molecule has 0 atom stereocenters. The van der Waals surface area contributed by atoms with Crippen molar-refractivity contribution in [2.45, 2.75) is 32.1 Å². The fourth-order valence-electron chi connectivity index (χ4n) is 5.27. The molecule has 0 aromatic heterocycles. The summed E-state index contributed by atoms with van der Waals surface area (Å²) < 4.78 is 39.4. The summed E-state index contributed by atoms with van der Waals surface area (Å²) in [6, 6.07) is 18.6. The number of likely N-dealkylation sites (tertiary alicyclic amines) is 1. The number of Topliss-reactive ketones (excluding diaryl/α,β-unsaturated/α-hetero) is 1. The number of hydrogen-bond donors (Lipinski definition) is 2. The first-order valence-corrected chi connectivity index (χ1v) is 14.3. The van der Waals surface area contributed by atoms with E-state index in [2.05, 4.69) is 4.90 Å². The zero-order valence-electron chi connectivity index (χ0n) is 24.7. The van der Waals surface area contributed by atoms with E-state index < -0.39 is 11.9 Å². The molecule has 1 saturated heterocycles. The molecule has 1 aliphatic heterocycles. The van der Waals surface area contributed by atoms with E-state index in [0.717, 1.165) is 50.0 Å². The molecule has 0 radical (unpaired) electrons. The molecule has 8 nitrogen and oxygen atoms in total. The topological polar surface area (TPSA) is 113 Å². The van der Waals surface area contributed by atoms with Crippen LogP contribution in [-0.4, -0.2) is 66.2 Å². The zero-order chi connectivity index (χ0) is 32.1. The van der Waals surface area contributed by atoms with Gasteiger partial charge in [0.05, 0.1) is 13.7 Å². The summed E-state index contributed by atoms with van der Waals surface area (Å²) in [5.74, 6) is -1.59. The minimum atomic E-state index is -1.26. The summed E-state index contributed by atoms with van der Waals surface area (Å²) >= 11 is 0. The Labute approximate surface area is 255 Å². The highest BCUT2D eigenvalue weighted by molar-refractivity contribution is 5.94. The molecular weight excluding hydrogens is 572 g/mol. The first kappa shape index (κ1) is 33.9. The quantitative estimate of drug-likeness (QED) is 0.142. The van der Waals surface area contributed by atoms with Crippen molar-refractivity contribution in [3.63, 3.8) is 0 Å². The third-order valence-corrected chi connectivity index (χ3v) is 7.33. The number of ketones is 1. The number of rotatable bonds is 12. The number of benzene rings is 3. The average molecular weight is 610 g/mol. The number of carboxylic acid groups (broad SMARTS) is 2. The van der Waals surface area contributed by atoms with E-state index in [0.29, 0.717) is 41.7 Å². The minimum Gasteiger partial charge on any atom is -0.493 e. The zero-order valence-corrected chi connectivity index (χ0v) is 24.7. The molecule has 1 heterocycles. The van der Waals surface area contributed by atoms with Crippen LogP contribution in [0.15, 0.2) is 78.9 Å². The van der Waals surface area contributed by atoms with E-state index in [1.807, 2.05) is 12.1 Å². The van der Waals surface area contributed by atoms with Gasteiger partial charge >= 0.3 is 11.9 Å². The first-order valence-electron chi connectivity index (χ1n) is 14.3. The van der Waals surface area contributed by atoms with Gasteiger partial charge in [-0.15, -0.1) is 0 Å². The molecule has 10 heteroatoms. The fourth-order valence-corrected chi connectivity index (χ4v) is 5.27. The highest BCUT2D eigenvalue weighted by Crippen LogP contribution is 2.38. The number of carbonyl (C=O) groups excluding carboxylic acids is 1. The minimum absolute atomic E-state index is 0.0136. The van der Waals surface area contributed by atoms with Gasteiger partial charge in [-0.2, -0.15) is 0 Å². The number of carboxylic acids is 2. The van der Waals surface area contributed by atoms with Crippen molar-refractivity contribution < 1.29 is 42.9 Å². The van der Waals surface area contributed by atoms with Gasteiger partial charge in [0.1, 0.15) is 11.6 Å². The molecule has 4 rings (SSSR count). The molecule has 0 saturated carbocycles. The second-order valence-electron chi connectivity index (χ2n) is 10.4. The monoisotopic (exact) mass is 609 g/mol. The van der Waals surface area contributed by atoms with E-state index in [9.17, 15) is 23.2 Å². The van der Waals surface area contributed by atoms with Crippen LogP contribution in [0.5, 0.6) is 11.5 Å². The van der Waals surface area contributed by atoms with Gasteiger partial charge in [0.2, 0.25) is 0 Å².